The van der Waals surface area contributed by atoms with Gasteiger partial charge in [-0.1, -0.05) is 29.8 Å². The average molecular weight is 296 g/mol. The van der Waals surface area contributed by atoms with Gasteiger partial charge in [-0.25, -0.2) is 4.39 Å². The van der Waals surface area contributed by atoms with E-state index in [0.29, 0.717) is 15.7 Å². The molecule has 0 fully saturated rings. The summed E-state index contributed by atoms with van der Waals surface area (Å²) in [5.74, 6) is 0.500. The molecule has 0 radical (unpaired) electrons. The van der Waals surface area contributed by atoms with Crippen molar-refractivity contribution in [3.05, 3.63) is 64.4 Å². The summed E-state index contributed by atoms with van der Waals surface area (Å²) in [6, 6.07) is 12.6. The van der Waals surface area contributed by atoms with Gasteiger partial charge < -0.3 is 5.73 Å². The standard InChI is InChI=1S/C15H15ClFNS/c1-10(18)12-4-7-15(14(17)8-12)19-9-11-2-5-13(16)6-3-11/h2-8,10H,9,18H2,1H3/t10-/m1/s1. The van der Waals surface area contributed by atoms with Gasteiger partial charge in [0.15, 0.2) is 0 Å². The van der Waals surface area contributed by atoms with Crippen molar-refractivity contribution in [2.45, 2.75) is 23.6 Å². The van der Waals surface area contributed by atoms with E-state index in [9.17, 15) is 4.39 Å². The minimum absolute atomic E-state index is 0.148. The maximum absolute atomic E-state index is 13.9. The summed E-state index contributed by atoms with van der Waals surface area (Å²) in [5.41, 5.74) is 7.65. The van der Waals surface area contributed by atoms with Crippen LogP contribution in [0.2, 0.25) is 5.02 Å². The third-order valence-electron chi connectivity index (χ3n) is 2.79. The van der Waals surface area contributed by atoms with Crippen LogP contribution < -0.4 is 5.73 Å². The van der Waals surface area contributed by atoms with Gasteiger partial charge in [0.25, 0.3) is 0 Å². The van der Waals surface area contributed by atoms with Gasteiger partial charge in [0.2, 0.25) is 0 Å². The Morgan fingerprint density at radius 2 is 1.89 bits per heavy atom. The van der Waals surface area contributed by atoms with Crippen molar-refractivity contribution in [2.75, 3.05) is 0 Å². The van der Waals surface area contributed by atoms with Crippen molar-refractivity contribution in [3.63, 3.8) is 0 Å². The average Bonchev–Trinajstić information content (AvgIpc) is 2.39. The zero-order valence-electron chi connectivity index (χ0n) is 10.6. The maximum Gasteiger partial charge on any atom is 0.137 e. The van der Waals surface area contributed by atoms with Crippen molar-refractivity contribution in [3.8, 4) is 0 Å². The first-order valence-corrected chi connectivity index (χ1v) is 7.35. The lowest BCUT2D eigenvalue weighted by molar-refractivity contribution is 0.596. The Morgan fingerprint density at radius 1 is 1.21 bits per heavy atom. The number of hydrogen-bond acceptors (Lipinski definition) is 2. The summed E-state index contributed by atoms with van der Waals surface area (Å²) in [4.78, 5) is 0.638. The summed E-state index contributed by atoms with van der Waals surface area (Å²) in [5, 5.41) is 0.709. The molecule has 100 valence electrons. The molecule has 0 aliphatic heterocycles. The SMILES string of the molecule is C[C@@H](N)c1ccc(SCc2ccc(Cl)cc2)c(F)c1. The Labute approximate surface area is 122 Å². The Morgan fingerprint density at radius 3 is 2.47 bits per heavy atom. The van der Waals surface area contributed by atoms with Gasteiger partial charge in [0.1, 0.15) is 5.82 Å². The smallest absolute Gasteiger partial charge is 0.137 e. The van der Waals surface area contributed by atoms with Crippen molar-refractivity contribution >= 4 is 23.4 Å². The molecule has 1 atom stereocenters. The van der Waals surface area contributed by atoms with Crippen LogP contribution in [-0.4, -0.2) is 0 Å². The van der Waals surface area contributed by atoms with E-state index in [1.807, 2.05) is 37.3 Å². The number of halogens is 2. The van der Waals surface area contributed by atoms with E-state index >= 15 is 0 Å². The monoisotopic (exact) mass is 295 g/mol. The molecule has 0 bridgehead atoms. The Balaban J connectivity index is 2.05. The van der Waals surface area contributed by atoms with Gasteiger partial charge >= 0.3 is 0 Å². The van der Waals surface area contributed by atoms with Gasteiger partial charge in [-0.05, 0) is 42.3 Å². The van der Waals surface area contributed by atoms with Crippen LogP contribution >= 0.6 is 23.4 Å². The fourth-order valence-corrected chi connectivity index (χ4v) is 2.66. The Hall–Kier alpha value is -1.03. The van der Waals surface area contributed by atoms with Crippen molar-refractivity contribution in [1.82, 2.24) is 0 Å². The van der Waals surface area contributed by atoms with Gasteiger partial charge in [-0.2, -0.15) is 0 Å². The molecule has 0 aliphatic rings. The van der Waals surface area contributed by atoms with E-state index in [-0.39, 0.29) is 11.9 Å². The van der Waals surface area contributed by atoms with Crippen molar-refractivity contribution in [2.24, 2.45) is 5.73 Å². The van der Waals surface area contributed by atoms with Crippen molar-refractivity contribution in [1.29, 1.82) is 0 Å². The predicted octanol–water partition coefficient (Wildman–Crippen LogP) is 4.79. The highest BCUT2D eigenvalue weighted by Crippen LogP contribution is 2.27. The molecule has 2 aromatic rings. The first-order chi connectivity index (χ1) is 9.06. The summed E-state index contributed by atoms with van der Waals surface area (Å²) < 4.78 is 13.9. The molecular formula is C15H15ClFNS. The van der Waals surface area contributed by atoms with E-state index in [1.165, 1.54) is 17.8 Å². The van der Waals surface area contributed by atoms with E-state index in [1.54, 1.807) is 6.07 Å². The van der Waals surface area contributed by atoms with Gasteiger partial charge in [0.05, 0.1) is 0 Å². The number of hydrogen-bond donors (Lipinski definition) is 1. The molecule has 0 amide bonds. The normalized spacial score (nSPS) is 12.4. The third-order valence-corrected chi connectivity index (χ3v) is 4.16. The lowest BCUT2D eigenvalue weighted by Gasteiger charge is -2.08. The van der Waals surface area contributed by atoms with E-state index < -0.39 is 0 Å². The Bertz CT molecular complexity index is 555. The van der Waals surface area contributed by atoms with Gasteiger partial charge in [-0.15, -0.1) is 11.8 Å². The molecule has 2 rings (SSSR count). The summed E-state index contributed by atoms with van der Waals surface area (Å²) in [7, 11) is 0. The summed E-state index contributed by atoms with van der Waals surface area (Å²) in [6.45, 7) is 1.84. The second-order valence-electron chi connectivity index (χ2n) is 4.39. The second kappa shape index (κ2) is 6.42. The molecule has 0 aromatic heterocycles. The number of nitrogens with two attached hydrogens (primary N) is 1. The van der Waals surface area contributed by atoms with Gasteiger partial charge in [0, 0.05) is 21.7 Å². The highest BCUT2D eigenvalue weighted by atomic mass is 35.5. The highest BCUT2D eigenvalue weighted by molar-refractivity contribution is 7.98. The molecule has 19 heavy (non-hydrogen) atoms. The number of rotatable bonds is 4. The highest BCUT2D eigenvalue weighted by Gasteiger charge is 2.07. The largest absolute Gasteiger partial charge is 0.324 e. The van der Waals surface area contributed by atoms with Crippen LogP contribution in [-0.2, 0) is 5.75 Å². The zero-order valence-corrected chi connectivity index (χ0v) is 12.1. The van der Waals surface area contributed by atoms with Gasteiger partial charge in [-0.3, -0.25) is 0 Å². The van der Waals surface area contributed by atoms with Crippen LogP contribution in [0.3, 0.4) is 0 Å². The molecule has 2 aromatic carbocycles. The molecule has 2 N–H and O–H groups in total. The van der Waals surface area contributed by atoms with E-state index in [0.717, 1.165) is 11.1 Å². The molecule has 1 nitrogen and oxygen atoms in total. The van der Waals surface area contributed by atoms with E-state index in [2.05, 4.69) is 0 Å². The van der Waals surface area contributed by atoms with Crippen LogP contribution in [0.4, 0.5) is 4.39 Å². The van der Waals surface area contributed by atoms with Crippen LogP contribution in [0.15, 0.2) is 47.4 Å². The molecule has 0 unspecified atom stereocenters. The first kappa shape index (κ1) is 14.4. The molecular weight excluding hydrogens is 281 g/mol. The minimum atomic E-state index is -0.214. The molecule has 4 heteroatoms. The molecule has 0 aliphatic carbocycles. The Kier molecular flexibility index (Phi) is 4.86. The molecule has 0 spiro atoms. The zero-order chi connectivity index (χ0) is 13.8. The number of benzene rings is 2. The fourth-order valence-electron chi connectivity index (χ4n) is 1.66. The molecule has 0 heterocycles. The molecule has 0 saturated heterocycles. The lowest BCUT2D eigenvalue weighted by atomic mass is 10.1. The van der Waals surface area contributed by atoms with Crippen LogP contribution in [0.25, 0.3) is 0 Å². The van der Waals surface area contributed by atoms with Crippen molar-refractivity contribution < 1.29 is 4.39 Å². The predicted molar refractivity (Wildman–Crippen MR) is 80.0 cm³/mol. The number of thioether (sulfide) groups is 1. The quantitative estimate of drug-likeness (QED) is 0.821. The van der Waals surface area contributed by atoms with Crippen LogP contribution in [0.1, 0.15) is 24.1 Å². The maximum atomic E-state index is 13.9. The summed E-state index contributed by atoms with van der Waals surface area (Å²) in [6.07, 6.45) is 0. The lowest BCUT2D eigenvalue weighted by Crippen LogP contribution is -2.05. The molecule has 0 saturated carbocycles. The topological polar surface area (TPSA) is 26.0 Å². The third kappa shape index (κ3) is 3.96. The van der Waals surface area contributed by atoms with Crippen LogP contribution in [0, 0.1) is 5.82 Å². The fraction of sp³-hybridized carbons (Fsp3) is 0.200. The first-order valence-electron chi connectivity index (χ1n) is 5.98. The second-order valence-corrected chi connectivity index (χ2v) is 5.85. The minimum Gasteiger partial charge on any atom is -0.324 e. The van der Waals surface area contributed by atoms with Crippen LogP contribution in [0.5, 0.6) is 0 Å². The summed E-state index contributed by atoms with van der Waals surface area (Å²) >= 11 is 7.29. The van der Waals surface area contributed by atoms with E-state index in [4.69, 9.17) is 17.3 Å².